The standard InChI is InChI=1S/C14H19Cl2N3O/c1-14(5-7-19(2)8-6-14)9-17-13(20)10-3-4-11(15)18-12(10)16/h3-4H,5-9H2,1-2H3,(H,17,20). The average molecular weight is 316 g/mol. The van der Waals surface area contributed by atoms with Crippen molar-refractivity contribution in [3.63, 3.8) is 0 Å². The molecule has 0 atom stereocenters. The average Bonchev–Trinajstić information content (AvgIpc) is 2.40. The Labute approximate surface area is 129 Å². The SMILES string of the molecule is CN1CCC(C)(CNC(=O)c2ccc(Cl)nc2Cl)CC1. The van der Waals surface area contributed by atoms with Gasteiger partial charge in [0.2, 0.25) is 0 Å². The zero-order valence-electron chi connectivity index (χ0n) is 11.7. The second kappa shape index (κ2) is 6.29. The van der Waals surface area contributed by atoms with Gasteiger partial charge in [0, 0.05) is 6.54 Å². The summed E-state index contributed by atoms with van der Waals surface area (Å²) in [5.74, 6) is -0.195. The van der Waals surface area contributed by atoms with Gasteiger partial charge in [0.15, 0.2) is 0 Å². The Morgan fingerprint density at radius 1 is 1.40 bits per heavy atom. The summed E-state index contributed by atoms with van der Waals surface area (Å²) >= 11 is 11.7. The highest BCUT2D eigenvalue weighted by molar-refractivity contribution is 6.34. The van der Waals surface area contributed by atoms with E-state index in [0.717, 1.165) is 25.9 Å². The van der Waals surface area contributed by atoms with Gasteiger partial charge in [-0.2, -0.15) is 0 Å². The van der Waals surface area contributed by atoms with E-state index in [-0.39, 0.29) is 21.6 Å². The first-order chi connectivity index (χ1) is 9.39. The molecule has 1 aliphatic rings. The van der Waals surface area contributed by atoms with Gasteiger partial charge in [0.1, 0.15) is 10.3 Å². The Balaban J connectivity index is 1.95. The summed E-state index contributed by atoms with van der Waals surface area (Å²) in [6.45, 7) is 4.99. The van der Waals surface area contributed by atoms with Crippen LogP contribution in [0.3, 0.4) is 0 Å². The minimum atomic E-state index is -0.195. The number of nitrogens with zero attached hydrogens (tertiary/aromatic N) is 2. The Hall–Kier alpha value is -0.840. The van der Waals surface area contributed by atoms with Crippen LogP contribution in [0.15, 0.2) is 12.1 Å². The second-order valence-electron chi connectivity index (χ2n) is 5.77. The van der Waals surface area contributed by atoms with E-state index < -0.39 is 0 Å². The largest absolute Gasteiger partial charge is 0.351 e. The number of hydrogen-bond donors (Lipinski definition) is 1. The number of nitrogens with one attached hydrogen (secondary N) is 1. The molecule has 2 heterocycles. The summed E-state index contributed by atoms with van der Waals surface area (Å²) in [6, 6.07) is 3.17. The van der Waals surface area contributed by atoms with Crippen molar-refractivity contribution in [1.29, 1.82) is 0 Å². The summed E-state index contributed by atoms with van der Waals surface area (Å²) in [5, 5.41) is 3.39. The van der Waals surface area contributed by atoms with Crippen LogP contribution in [-0.2, 0) is 0 Å². The number of carbonyl (C=O) groups is 1. The van der Waals surface area contributed by atoms with Gasteiger partial charge in [-0.05, 0) is 50.5 Å². The predicted molar refractivity (Wildman–Crippen MR) is 81.4 cm³/mol. The lowest BCUT2D eigenvalue weighted by molar-refractivity contribution is 0.0891. The maximum absolute atomic E-state index is 12.1. The Morgan fingerprint density at radius 2 is 2.05 bits per heavy atom. The van der Waals surface area contributed by atoms with Gasteiger partial charge in [-0.25, -0.2) is 4.98 Å². The molecule has 0 radical (unpaired) electrons. The van der Waals surface area contributed by atoms with E-state index in [1.165, 1.54) is 0 Å². The van der Waals surface area contributed by atoms with Crippen molar-refractivity contribution in [2.45, 2.75) is 19.8 Å². The first kappa shape index (κ1) is 15.5. The van der Waals surface area contributed by atoms with E-state index in [9.17, 15) is 4.79 Å². The molecule has 1 fully saturated rings. The minimum Gasteiger partial charge on any atom is -0.351 e. The molecule has 110 valence electrons. The van der Waals surface area contributed by atoms with Crippen molar-refractivity contribution in [2.24, 2.45) is 5.41 Å². The fourth-order valence-electron chi connectivity index (χ4n) is 2.31. The smallest absolute Gasteiger partial charge is 0.254 e. The molecule has 1 aromatic rings. The number of amides is 1. The Bertz CT molecular complexity index is 499. The molecule has 20 heavy (non-hydrogen) atoms. The number of halogens is 2. The summed E-state index contributed by atoms with van der Waals surface area (Å²) in [6.07, 6.45) is 2.16. The summed E-state index contributed by atoms with van der Waals surface area (Å²) in [5.41, 5.74) is 0.515. The number of likely N-dealkylation sites (tertiary alicyclic amines) is 1. The van der Waals surface area contributed by atoms with Gasteiger partial charge < -0.3 is 10.2 Å². The van der Waals surface area contributed by atoms with Crippen molar-refractivity contribution in [3.05, 3.63) is 28.0 Å². The quantitative estimate of drug-likeness (QED) is 0.872. The van der Waals surface area contributed by atoms with E-state index in [4.69, 9.17) is 23.2 Å². The molecule has 6 heteroatoms. The van der Waals surface area contributed by atoms with Crippen LogP contribution >= 0.6 is 23.2 Å². The van der Waals surface area contributed by atoms with Crippen LogP contribution in [-0.4, -0.2) is 42.5 Å². The molecule has 0 aliphatic carbocycles. The maximum atomic E-state index is 12.1. The number of carbonyl (C=O) groups excluding carboxylic acids is 1. The van der Waals surface area contributed by atoms with Crippen LogP contribution in [0.25, 0.3) is 0 Å². The molecule has 0 saturated carbocycles. The van der Waals surface area contributed by atoms with Gasteiger partial charge in [-0.15, -0.1) is 0 Å². The van der Waals surface area contributed by atoms with Gasteiger partial charge in [-0.1, -0.05) is 30.1 Å². The molecule has 0 unspecified atom stereocenters. The van der Waals surface area contributed by atoms with Crippen LogP contribution < -0.4 is 5.32 Å². The highest BCUT2D eigenvalue weighted by atomic mass is 35.5. The minimum absolute atomic E-state index is 0.142. The van der Waals surface area contributed by atoms with Crippen molar-refractivity contribution in [3.8, 4) is 0 Å². The van der Waals surface area contributed by atoms with E-state index >= 15 is 0 Å². The van der Waals surface area contributed by atoms with Crippen LogP contribution in [0.1, 0.15) is 30.1 Å². The van der Waals surface area contributed by atoms with Crippen molar-refractivity contribution in [1.82, 2.24) is 15.2 Å². The molecular formula is C14H19Cl2N3O. The molecule has 4 nitrogen and oxygen atoms in total. The number of aromatic nitrogens is 1. The van der Waals surface area contributed by atoms with Crippen LogP contribution in [0.4, 0.5) is 0 Å². The second-order valence-corrected chi connectivity index (χ2v) is 6.51. The molecular weight excluding hydrogens is 297 g/mol. The van der Waals surface area contributed by atoms with E-state index in [1.807, 2.05) is 0 Å². The lowest BCUT2D eigenvalue weighted by atomic mass is 9.80. The summed E-state index contributed by atoms with van der Waals surface area (Å²) in [7, 11) is 2.12. The van der Waals surface area contributed by atoms with E-state index in [0.29, 0.717) is 12.1 Å². The molecule has 1 aliphatic heterocycles. The lowest BCUT2D eigenvalue weighted by Crippen LogP contribution is -2.43. The number of piperidine rings is 1. The predicted octanol–water partition coefficient (Wildman–Crippen LogP) is 2.85. The third-order valence-electron chi connectivity index (χ3n) is 3.93. The fraction of sp³-hybridized carbons (Fsp3) is 0.571. The zero-order valence-corrected chi connectivity index (χ0v) is 13.3. The Kier molecular flexibility index (Phi) is 4.89. The molecule has 0 spiro atoms. The van der Waals surface area contributed by atoms with Crippen LogP contribution in [0.5, 0.6) is 0 Å². The molecule has 1 aromatic heterocycles. The molecule has 1 amide bonds. The fourth-order valence-corrected chi connectivity index (χ4v) is 2.74. The number of rotatable bonds is 3. The number of pyridine rings is 1. The van der Waals surface area contributed by atoms with Crippen LogP contribution in [0, 0.1) is 5.41 Å². The maximum Gasteiger partial charge on any atom is 0.254 e. The molecule has 0 aromatic carbocycles. The van der Waals surface area contributed by atoms with Gasteiger partial charge in [0.05, 0.1) is 5.56 Å². The van der Waals surface area contributed by atoms with E-state index in [2.05, 4.69) is 29.2 Å². The van der Waals surface area contributed by atoms with Crippen molar-refractivity contribution >= 4 is 29.1 Å². The highest BCUT2D eigenvalue weighted by Gasteiger charge is 2.29. The topological polar surface area (TPSA) is 45.2 Å². The summed E-state index contributed by atoms with van der Waals surface area (Å²) < 4.78 is 0. The highest BCUT2D eigenvalue weighted by Crippen LogP contribution is 2.29. The molecule has 1 N–H and O–H groups in total. The molecule has 2 rings (SSSR count). The first-order valence-electron chi connectivity index (χ1n) is 6.68. The normalized spacial score (nSPS) is 18.8. The lowest BCUT2D eigenvalue weighted by Gasteiger charge is -2.37. The van der Waals surface area contributed by atoms with Gasteiger partial charge >= 0.3 is 0 Å². The molecule has 0 bridgehead atoms. The van der Waals surface area contributed by atoms with E-state index in [1.54, 1.807) is 12.1 Å². The Morgan fingerprint density at radius 3 is 2.65 bits per heavy atom. The third-order valence-corrected chi connectivity index (χ3v) is 4.43. The van der Waals surface area contributed by atoms with Crippen molar-refractivity contribution < 1.29 is 4.79 Å². The monoisotopic (exact) mass is 315 g/mol. The molecule has 1 saturated heterocycles. The summed E-state index contributed by atoms with van der Waals surface area (Å²) in [4.78, 5) is 18.3. The zero-order chi connectivity index (χ0) is 14.8. The van der Waals surface area contributed by atoms with Crippen molar-refractivity contribution in [2.75, 3.05) is 26.7 Å². The third kappa shape index (κ3) is 3.84. The van der Waals surface area contributed by atoms with Gasteiger partial charge in [-0.3, -0.25) is 4.79 Å². The van der Waals surface area contributed by atoms with Gasteiger partial charge in [0.25, 0.3) is 5.91 Å². The first-order valence-corrected chi connectivity index (χ1v) is 7.44. The van der Waals surface area contributed by atoms with Crippen LogP contribution in [0.2, 0.25) is 10.3 Å². The number of hydrogen-bond acceptors (Lipinski definition) is 3.